The zero-order valence-corrected chi connectivity index (χ0v) is 16.1. The summed E-state index contributed by atoms with van der Waals surface area (Å²) in [6.45, 7) is 0.458. The lowest BCUT2D eigenvalue weighted by atomic mass is 10.1. The van der Waals surface area contributed by atoms with Crippen LogP contribution in [0, 0.1) is 20.2 Å². The SMILES string of the molecule is O=C(Nc1ccccc1OCCOc1ccccc1)c1ccc([N+](=O)[O-])cc1[N+](=O)[O-]. The van der Waals surface area contributed by atoms with E-state index in [1.165, 1.54) is 0 Å². The molecule has 0 aliphatic heterocycles. The highest BCUT2D eigenvalue weighted by molar-refractivity contribution is 6.07. The number of anilines is 1. The molecule has 0 aromatic heterocycles. The Hall–Kier alpha value is -4.47. The largest absolute Gasteiger partial charge is 0.490 e. The molecule has 1 amide bonds. The number of nitro groups is 2. The summed E-state index contributed by atoms with van der Waals surface area (Å²) >= 11 is 0. The van der Waals surface area contributed by atoms with Gasteiger partial charge in [0.05, 0.1) is 21.6 Å². The summed E-state index contributed by atoms with van der Waals surface area (Å²) in [5.41, 5.74) is -1.16. The minimum atomic E-state index is -0.842. The van der Waals surface area contributed by atoms with Gasteiger partial charge in [-0.2, -0.15) is 0 Å². The number of amides is 1. The number of carbonyl (C=O) groups is 1. The molecule has 0 bridgehead atoms. The number of para-hydroxylation sites is 3. The maximum atomic E-state index is 12.6. The van der Waals surface area contributed by atoms with E-state index < -0.39 is 27.1 Å². The molecule has 0 aliphatic rings. The number of carbonyl (C=O) groups excluding carboxylic acids is 1. The lowest BCUT2D eigenvalue weighted by molar-refractivity contribution is -0.394. The third-order valence-electron chi connectivity index (χ3n) is 4.12. The van der Waals surface area contributed by atoms with Crippen LogP contribution >= 0.6 is 0 Å². The summed E-state index contributed by atoms with van der Waals surface area (Å²) < 4.78 is 11.2. The molecule has 3 rings (SSSR count). The highest BCUT2D eigenvalue weighted by atomic mass is 16.6. The molecule has 0 radical (unpaired) electrons. The Labute approximate surface area is 176 Å². The van der Waals surface area contributed by atoms with Crippen molar-refractivity contribution in [2.75, 3.05) is 18.5 Å². The maximum absolute atomic E-state index is 12.6. The average molecular weight is 423 g/mol. The zero-order chi connectivity index (χ0) is 22.2. The van der Waals surface area contributed by atoms with Crippen LogP contribution in [-0.2, 0) is 0 Å². The van der Waals surface area contributed by atoms with Gasteiger partial charge in [0.15, 0.2) is 0 Å². The van der Waals surface area contributed by atoms with Crippen molar-refractivity contribution in [3.8, 4) is 11.5 Å². The highest BCUT2D eigenvalue weighted by Crippen LogP contribution is 2.28. The predicted molar refractivity (Wildman–Crippen MR) is 112 cm³/mol. The van der Waals surface area contributed by atoms with Gasteiger partial charge in [-0.25, -0.2) is 0 Å². The average Bonchev–Trinajstić information content (AvgIpc) is 2.78. The minimum Gasteiger partial charge on any atom is -0.490 e. The van der Waals surface area contributed by atoms with Crippen LogP contribution in [0.5, 0.6) is 11.5 Å². The van der Waals surface area contributed by atoms with Crippen LogP contribution in [0.15, 0.2) is 72.8 Å². The lowest BCUT2D eigenvalue weighted by Crippen LogP contribution is -2.16. The second-order valence-corrected chi connectivity index (χ2v) is 6.18. The number of non-ortho nitro benzene ring substituents is 1. The molecule has 0 saturated carbocycles. The maximum Gasteiger partial charge on any atom is 0.289 e. The van der Waals surface area contributed by atoms with E-state index in [1.54, 1.807) is 24.3 Å². The Bertz CT molecular complexity index is 1100. The number of nitrogens with one attached hydrogen (secondary N) is 1. The van der Waals surface area contributed by atoms with Crippen molar-refractivity contribution in [1.82, 2.24) is 0 Å². The number of benzene rings is 3. The Morgan fingerprint density at radius 3 is 2.23 bits per heavy atom. The summed E-state index contributed by atoms with van der Waals surface area (Å²) in [5.74, 6) is 0.244. The number of rotatable bonds is 9. The fourth-order valence-corrected chi connectivity index (χ4v) is 2.69. The van der Waals surface area contributed by atoms with Gasteiger partial charge in [-0.05, 0) is 30.3 Å². The van der Waals surface area contributed by atoms with Crippen LogP contribution < -0.4 is 14.8 Å². The standard InChI is InChI=1S/C21H17N3O7/c25-21(17-11-10-15(23(26)27)14-19(17)24(28)29)22-18-8-4-5-9-20(18)31-13-12-30-16-6-2-1-3-7-16/h1-11,14H,12-13H2,(H,22,25). The third-order valence-corrected chi connectivity index (χ3v) is 4.12. The molecule has 0 atom stereocenters. The van der Waals surface area contributed by atoms with Crippen molar-refractivity contribution in [2.24, 2.45) is 0 Å². The van der Waals surface area contributed by atoms with Crippen LogP contribution in [0.3, 0.4) is 0 Å². The number of nitro benzene ring substituents is 2. The van der Waals surface area contributed by atoms with Crippen molar-refractivity contribution >= 4 is 23.0 Å². The first-order valence-corrected chi connectivity index (χ1v) is 9.09. The van der Waals surface area contributed by atoms with Gasteiger partial charge in [-0.15, -0.1) is 0 Å². The number of hydrogen-bond donors (Lipinski definition) is 1. The minimum absolute atomic E-state index is 0.194. The number of nitrogens with zero attached hydrogens (tertiary/aromatic N) is 2. The molecule has 10 heteroatoms. The molecule has 0 saturated heterocycles. The van der Waals surface area contributed by atoms with Gasteiger partial charge in [0.2, 0.25) is 0 Å². The molecule has 158 valence electrons. The van der Waals surface area contributed by atoms with E-state index in [1.807, 2.05) is 30.3 Å². The summed E-state index contributed by atoms with van der Waals surface area (Å²) in [7, 11) is 0. The molecule has 10 nitrogen and oxygen atoms in total. The van der Waals surface area contributed by atoms with Crippen LogP contribution in [-0.4, -0.2) is 29.0 Å². The first kappa shape index (κ1) is 21.2. The predicted octanol–water partition coefficient (Wildman–Crippen LogP) is 4.21. The molecule has 3 aromatic carbocycles. The second-order valence-electron chi connectivity index (χ2n) is 6.18. The van der Waals surface area contributed by atoms with Gasteiger partial charge in [0.25, 0.3) is 17.3 Å². The lowest BCUT2D eigenvalue weighted by Gasteiger charge is -2.13. The third kappa shape index (κ3) is 5.54. The molecule has 0 fully saturated rings. The Morgan fingerprint density at radius 1 is 0.839 bits per heavy atom. The van der Waals surface area contributed by atoms with Crippen molar-refractivity contribution < 1.29 is 24.1 Å². The first-order chi connectivity index (χ1) is 15.0. The topological polar surface area (TPSA) is 134 Å². The van der Waals surface area contributed by atoms with Gasteiger partial charge in [0, 0.05) is 6.07 Å². The van der Waals surface area contributed by atoms with Crippen LogP contribution in [0.4, 0.5) is 17.1 Å². The quantitative estimate of drug-likeness (QED) is 0.309. The molecule has 0 aliphatic carbocycles. The summed E-state index contributed by atoms with van der Waals surface area (Å²) in [5, 5.41) is 24.7. The molecule has 0 unspecified atom stereocenters. The van der Waals surface area contributed by atoms with Crippen molar-refractivity contribution in [3.05, 3.63) is 98.6 Å². The van der Waals surface area contributed by atoms with E-state index in [-0.39, 0.29) is 18.8 Å². The van der Waals surface area contributed by atoms with Crippen LogP contribution in [0.1, 0.15) is 10.4 Å². The Kier molecular flexibility index (Phi) is 6.74. The molecule has 0 spiro atoms. The van der Waals surface area contributed by atoms with E-state index in [0.717, 1.165) is 18.2 Å². The monoisotopic (exact) mass is 423 g/mol. The molecule has 3 aromatic rings. The van der Waals surface area contributed by atoms with Crippen LogP contribution in [0.2, 0.25) is 0 Å². The second kappa shape index (κ2) is 9.83. The van der Waals surface area contributed by atoms with E-state index in [9.17, 15) is 25.0 Å². The smallest absolute Gasteiger partial charge is 0.289 e. The van der Waals surface area contributed by atoms with Gasteiger partial charge in [0.1, 0.15) is 30.3 Å². The summed E-state index contributed by atoms with van der Waals surface area (Å²) in [6, 6.07) is 18.6. The van der Waals surface area contributed by atoms with E-state index >= 15 is 0 Å². The van der Waals surface area contributed by atoms with Crippen molar-refractivity contribution in [1.29, 1.82) is 0 Å². The molecular weight excluding hydrogens is 406 g/mol. The zero-order valence-electron chi connectivity index (χ0n) is 16.1. The Morgan fingerprint density at radius 2 is 1.52 bits per heavy atom. The summed E-state index contributed by atoms with van der Waals surface area (Å²) in [6.07, 6.45) is 0. The van der Waals surface area contributed by atoms with Gasteiger partial charge in [-0.1, -0.05) is 30.3 Å². The fraction of sp³-hybridized carbons (Fsp3) is 0.0952. The number of hydrogen-bond acceptors (Lipinski definition) is 7. The summed E-state index contributed by atoms with van der Waals surface area (Å²) in [4.78, 5) is 33.2. The molecular formula is C21H17N3O7. The van der Waals surface area contributed by atoms with Gasteiger partial charge >= 0.3 is 0 Å². The number of ether oxygens (including phenoxy) is 2. The van der Waals surface area contributed by atoms with E-state index in [2.05, 4.69) is 5.32 Å². The van der Waals surface area contributed by atoms with E-state index in [4.69, 9.17) is 9.47 Å². The van der Waals surface area contributed by atoms with E-state index in [0.29, 0.717) is 17.2 Å². The highest BCUT2D eigenvalue weighted by Gasteiger charge is 2.24. The van der Waals surface area contributed by atoms with Crippen LogP contribution in [0.25, 0.3) is 0 Å². The molecule has 1 N–H and O–H groups in total. The fourth-order valence-electron chi connectivity index (χ4n) is 2.69. The first-order valence-electron chi connectivity index (χ1n) is 9.09. The normalized spacial score (nSPS) is 10.2. The molecule has 0 heterocycles. The van der Waals surface area contributed by atoms with Gasteiger partial charge in [-0.3, -0.25) is 25.0 Å². The van der Waals surface area contributed by atoms with Gasteiger partial charge < -0.3 is 14.8 Å². The van der Waals surface area contributed by atoms with Crippen molar-refractivity contribution in [2.45, 2.75) is 0 Å². The Balaban J connectivity index is 1.69. The van der Waals surface area contributed by atoms with Crippen molar-refractivity contribution in [3.63, 3.8) is 0 Å². The molecule has 31 heavy (non-hydrogen) atoms.